The maximum Gasteiger partial charge on any atom is 0.338 e. The third kappa shape index (κ3) is 3.79. The van der Waals surface area contributed by atoms with Crippen molar-refractivity contribution in [2.45, 2.75) is 57.5 Å². The molecule has 4 atom stereocenters. The van der Waals surface area contributed by atoms with Crippen LogP contribution < -0.4 is 11.2 Å². The van der Waals surface area contributed by atoms with E-state index >= 15 is 0 Å². The van der Waals surface area contributed by atoms with Gasteiger partial charge in [0.15, 0.2) is 5.79 Å². The van der Waals surface area contributed by atoms with Gasteiger partial charge in [-0.05, 0) is 39.8 Å². The van der Waals surface area contributed by atoms with E-state index in [1.807, 2.05) is 6.92 Å². The fraction of sp³-hybridized carbons (Fsp3) is 0.500. The van der Waals surface area contributed by atoms with Crippen molar-refractivity contribution in [3.8, 4) is 0 Å². The van der Waals surface area contributed by atoms with E-state index in [4.69, 9.17) is 18.9 Å². The van der Waals surface area contributed by atoms with Gasteiger partial charge < -0.3 is 24.1 Å². The smallest absolute Gasteiger partial charge is 0.338 e. The Morgan fingerprint density at radius 3 is 2.50 bits per heavy atom. The van der Waals surface area contributed by atoms with Gasteiger partial charge in [0.1, 0.15) is 24.9 Å². The van der Waals surface area contributed by atoms with Crippen LogP contribution in [0.25, 0.3) is 0 Å². The molecule has 2 aliphatic rings. The van der Waals surface area contributed by atoms with Crippen LogP contribution in [0.5, 0.6) is 0 Å². The van der Waals surface area contributed by atoms with Crippen LogP contribution in [0.1, 0.15) is 35.3 Å². The second-order valence-corrected chi connectivity index (χ2v) is 8.59. The van der Waals surface area contributed by atoms with Gasteiger partial charge >= 0.3 is 11.7 Å². The lowest BCUT2D eigenvalue weighted by Crippen LogP contribution is -2.54. The van der Waals surface area contributed by atoms with E-state index in [2.05, 4.69) is 4.98 Å². The molecule has 2 aliphatic heterocycles. The fourth-order valence-electron chi connectivity index (χ4n) is 4.11. The van der Waals surface area contributed by atoms with Crippen molar-refractivity contribution in [3.05, 3.63) is 68.0 Å². The molecule has 0 radical (unpaired) electrons. The summed E-state index contributed by atoms with van der Waals surface area (Å²) in [6, 6.07) is 6.93. The van der Waals surface area contributed by atoms with Crippen LogP contribution in [-0.4, -0.2) is 57.9 Å². The number of ether oxygens (including phenoxy) is 4. The van der Waals surface area contributed by atoms with Crippen molar-refractivity contribution < 1.29 is 28.8 Å². The normalized spacial score (nSPS) is 28.5. The van der Waals surface area contributed by atoms with Gasteiger partial charge in [0.2, 0.25) is 5.72 Å². The summed E-state index contributed by atoms with van der Waals surface area (Å²) in [6.45, 7) is 6.01. The SMILES string of the molecule is Cc1ccc(C(=O)OC[C@H]2O[C@](CO)(n3cc(C)c(=O)[nH]c3=O)[C@@H]3OC(C)(C)O[C@@H]32)cc1. The number of carbonyl (C=O) groups excluding carboxylic acids is 1. The van der Waals surface area contributed by atoms with E-state index in [0.717, 1.165) is 10.1 Å². The number of aromatic amines is 1. The number of aromatic nitrogens is 2. The van der Waals surface area contributed by atoms with Gasteiger partial charge in [0.25, 0.3) is 5.56 Å². The van der Waals surface area contributed by atoms with Crippen LogP contribution in [-0.2, 0) is 24.7 Å². The zero-order valence-electron chi connectivity index (χ0n) is 18.3. The first-order chi connectivity index (χ1) is 15.1. The minimum absolute atomic E-state index is 0.188. The zero-order valence-corrected chi connectivity index (χ0v) is 18.3. The molecule has 2 fully saturated rings. The van der Waals surface area contributed by atoms with E-state index in [1.54, 1.807) is 38.1 Å². The fourth-order valence-corrected chi connectivity index (χ4v) is 4.11. The van der Waals surface area contributed by atoms with Gasteiger partial charge in [-0.15, -0.1) is 0 Å². The summed E-state index contributed by atoms with van der Waals surface area (Å²) < 4.78 is 24.6. The number of nitrogens with zero attached hydrogens (tertiary/aromatic N) is 1. The third-order valence-electron chi connectivity index (χ3n) is 5.72. The Kier molecular flexibility index (Phi) is 5.58. The average molecular weight is 446 g/mol. The summed E-state index contributed by atoms with van der Waals surface area (Å²) in [6.07, 6.45) is -1.15. The first-order valence-corrected chi connectivity index (χ1v) is 10.3. The van der Waals surface area contributed by atoms with Crippen LogP contribution >= 0.6 is 0 Å². The highest BCUT2D eigenvalue weighted by atomic mass is 16.8. The van der Waals surface area contributed by atoms with Crippen LogP contribution in [0.3, 0.4) is 0 Å². The Bertz CT molecular complexity index is 1140. The molecule has 32 heavy (non-hydrogen) atoms. The van der Waals surface area contributed by atoms with Gasteiger partial charge in [-0.25, -0.2) is 9.59 Å². The first-order valence-electron chi connectivity index (χ1n) is 10.3. The predicted octanol–water partition coefficient (Wildman–Crippen LogP) is 0.574. The minimum Gasteiger partial charge on any atom is -0.459 e. The Morgan fingerprint density at radius 1 is 1.16 bits per heavy atom. The van der Waals surface area contributed by atoms with Gasteiger partial charge in [-0.1, -0.05) is 17.7 Å². The van der Waals surface area contributed by atoms with Crippen molar-refractivity contribution >= 4 is 5.97 Å². The summed E-state index contributed by atoms with van der Waals surface area (Å²) in [5, 5.41) is 10.4. The number of hydrogen-bond acceptors (Lipinski definition) is 8. The lowest BCUT2D eigenvalue weighted by Gasteiger charge is -2.34. The quantitative estimate of drug-likeness (QED) is 0.638. The predicted molar refractivity (Wildman–Crippen MR) is 111 cm³/mol. The number of esters is 1. The van der Waals surface area contributed by atoms with Crippen molar-refractivity contribution in [2.24, 2.45) is 0 Å². The molecule has 0 saturated carbocycles. The maximum atomic E-state index is 12.6. The number of rotatable bonds is 5. The van der Waals surface area contributed by atoms with E-state index in [0.29, 0.717) is 5.56 Å². The van der Waals surface area contributed by atoms with E-state index in [1.165, 1.54) is 13.1 Å². The molecule has 1 aromatic carbocycles. The van der Waals surface area contributed by atoms with Crippen molar-refractivity contribution in [3.63, 3.8) is 0 Å². The Morgan fingerprint density at radius 2 is 1.84 bits per heavy atom. The van der Waals surface area contributed by atoms with E-state index < -0.39 is 53.6 Å². The number of aliphatic hydroxyl groups excluding tert-OH is 1. The lowest BCUT2D eigenvalue weighted by molar-refractivity contribution is -0.244. The monoisotopic (exact) mass is 446 g/mol. The Balaban J connectivity index is 1.64. The summed E-state index contributed by atoms with van der Waals surface area (Å²) in [5.74, 6) is -1.57. The molecule has 3 heterocycles. The molecule has 172 valence electrons. The van der Waals surface area contributed by atoms with Gasteiger partial charge in [-0.3, -0.25) is 14.3 Å². The van der Waals surface area contributed by atoms with Crippen LogP contribution in [0, 0.1) is 13.8 Å². The molecule has 10 nitrogen and oxygen atoms in total. The average Bonchev–Trinajstić information content (AvgIpc) is 3.21. The second kappa shape index (κ2) is 7.96. The molecule has 2 aromatic rings. The molecule has 0 amide bonds. The molecule has 4 rings (SSSR count). The number of carbonyl (C=O) groups is 1. The topological polar surface area (TPSA) is 129 Å². The van der Waals surface area contributed by atoms with Gasteiger partial charge in [-0.2, -0.15) is 0 Å². The number of aliphatic hydroxyl groups is 1. The number of nitrogens with one attached hydrogen (secondary N) is 1. The second-order valence-electron chi connectivity index (χ2n) is 8.59. The standard InChI is InChI=1S/C22H26N2O8/c1-12-5-7-14(8-6-12)19(27)29-10-15-16-17(32-21(3,4)31-16)22(11-25,30-15)24-9-13(2)18(26)23-20(24)28/h5-9,15-17,25H,10-11H2,1-4H3,(H,23,26,28)/t15-,16-,17-,22+/m1/s1. The maximum absolute atomic E-state index is 12.6. The van der Waals surface area contributed by atoms with Gasteiger partial charge in [0.05, 0.1) is 12.2 Å². The lowest BCUT2D eigenvalue weighted by atomic mass is 10.0. The molecule has 0 spiro atoms. The Labute approximate surface area is 183 Å². The number of H-pyrrole nitrogens is 1. The molecule has 1 aromatic heterocycles. The van der Waals surface area contributed by atoms with E-state index in [9.17, 15) is 19.5 Å². The summed E-state index contributed by atoms with van der Waals surface area (Å²) >= 11 is 0. The molecule has 10 heteroatoms. The van der Waals surface area contributed by atoms with Crippen LogP contribution in [0.15, 0.2) is 40.1 Å². The summed E-state index contributed by atoms with van der Waals surface area (Å²) in [5.41, 5.74) is -1.33. The first kappa shape index (κ1) is 22.4. The van der Waals surface area contributed by atoms with E-state index in [-0.39, 0.29) is 12.2 Å². The highest BCUT2D eigenvalue weighted by molar-refractivity contribution is 5.89. The highest BCUT2D eigenvalue weighted by Crippen LogP contribution is 2.46. The number of hydrogen-bond donors (Lipinski definition) is 2. The van der Waals surface area contributed by atoms with Crippen molar-refractivity contribution in [1.82, 2.24) is 9.55 Å². The van der Waals surface area contributed by atoms with Crippen LogP contribution in [0.4, 0.5) is 0 Å². The summed E-state index contributed by atoms with van der Waals surface area (Å²) in [7, 11) is 0. The molecule has 2 N–H and O–H groups in total. The molecule has 0 bridgehead atoms. The molecule has 0 unspecified atom stereocenters. The number of fused-ring (bicyclic) bond motifs is 1. The van der Waals surface area contributed by atoms with Gasteiger partial charge in [0, 0.05) is 11.8 Å². The molecular weight excluding hydrogens is 420 g/mol. The zero-order chi connectivity index (χ0) is 23.3. The van der Waals surface area contributed by atoms with Crippen LogP contribution in [0.2, 0.25) is 0 Å². The minimum atomic E-state index is -1.68. The molecule has 0 aliphatic carbocycles. The van der Waals surface area contributed by atoms with Crippen molar-refractivity contribution in [2.75, 3.05) is 13.2 Å². The van der Waals surface area contributed by atoms with Crippen molar-refractivity contribution in [1.29, 1.82) is 0 Å². The number of aryl methyl sites for hydroxylation is 2. The Hall–Kier alpha value is -2.79. The third-order valence-corrected chi connectivity index (χ3v) is 5.72. The molecule has 2 saturated heterocycles. The molecular formula is C22H26N2O8. The number of benzene rings is 1. The summed E-state index contributed by atoms with van der Waals surface area (Å²) in [4.78, 5) is 39.1. The highest BCUT2D eigenvalue weighted by Gasteiger charge is 2.64. The largest absolute Gasteiger partial charge is 0.459 e.